The van der Waals surface area contributed by atoms with Gasteiger partial charge >= 0.3 is 6.09 Å². The lowest BCUT2D eigenvalue weighted by Gasteiger charge is -2.36. The molecule has 1 aliphatic carbocycles. The Morgan fingerprint density at radius 3 is 2.25 bits per heavy atom. The Morgan fingerprint density at radius 1 is 1.06 bits per heavy atom. The minimum atomic E-state index is -1.27. The first kappa shape index (κ1) is 23.1. The van der Waals surface area contributed by atoms with Gasteiger partial charge in [0, 0.05) is 25.7 Å². The first-order valence-electron chi connectivity index (χ1n) is 10.6. The van der Waals surface area contributed by atoms with E-state index in [2.05, 4.69) is 10.6 Å². The van der Waals surface area contributed by atoms with Gasteiger partial charge in [0.05, 0.1) is 0 Å². The Kier molecular flexibility index (Phi) is 6.97. The highest BCUT2D eigenvalue weighted by Crippen LogP contribution is 2.29. The number of primary amides is 1. The van der Waals surface area contributed by atoms with E-state index in [9.17, 15) is 24.3 Å². The zero-order chi connectivity index (χ0) is 23.3. The summed E-state index contributed by atoms with van der Waals surface area (Å²) in [4.78, 5) is 47.9. The molecule has 1 fully saturated rings. The third-order valence-corrected chi connectivity index (χ3v) is 5.95. The van der Waals surface area contributed by atoms with E-state index in [1.165, 1.54) is 10.6 Å². The van der Waals surface area contributed by atoms with Crippen LogP contribution >= 0.6 is 0 Å². The minimum absolute atomic E-state index is 0.0986. The van der Waals surface area contributed by atoms with Crippen LogP contribution in [-0.2, 0) is 23.1 Å². The predicted octanol–water partition coefficient (Wildman–Crippen LogP) is 1.54. The molecule has 32 heavy (non-hydrogen) atoms. The second-order valence-corrected chi connectivity index (χ2v) is 8.27. The molecule has 3 rings (SSSR count). The number of hydrogen-bond donors (Lipinski definition) is 4. The van der Waals surface area contributed by atoms with Crippen molar-refractivity contribution in [2.45, 2.75) is 50.1 Å². The number of hydrogen-bond acceptors (Lipinski definition) is 4. The van der Waals surface area contributed by atoms with Crippen LogP contribution in [0.4, 0.5) is 4.79 Å². The summed E-state index contributed by atoms with van der Waals surface area (Å²) in [7, 11) is 1.68. The van der Waals surface area contributed by atoms with Gasteiger partial charge in [-0.2, -0.15) is 0 Å². The number of pyridine rings is 1. The van der Waals surface area contributed by atoms with Crippen molar-refractivity contribution in [3.8, 4) is 11.1 Å². The summed E-state index contributed by atoms with van der Waals surface area (Å²) in [6.45, 7) is 0. The van der Waals surface area contributed by atoms with Crippen LogP contribution in [0.25, 0.3) is 11.1 Å². The maximum absolute atomic E-state index is 13.0. The lowest BCUT2D eigenvalue weighted by molar-refractivity contribution is -0.132. The Balaban J connectivity index is 1.74. The standard InChI is InChI=1S/C23H28N4O5/c1-27-14-17(9-10-19(27)28)16-7-5-15(6-8-16)13-18(20(24)29)25-21(30)23(26-22(31)32)11-3-2-4-12-23/h5-10,14,18,26H,2-4,11-13H2,1H3,(H2,24,29)(H,25,30)(H,31,32). The van der Waals surface area contributed by atoms with Gasteiger partial charge in [0.1, 0.15) is 11.6 Å². The molecule has 0 aliphatic heterocycles. The summed E-state index contributed by atoms with van der Waals surface area (Å²) >= 11 is 0. The molecule has 0 radical (unpaired) electrons. The lowest BCUT2D eigenvalue weighted by Crippen LogP contribution is -2.62. The summed E-state index contributed by atoms with van der Waals surface area (Å²) in [6, 6.07) is 9.65. The van der Waals surface area contributed by atoms with E-state index < -0.39 is 29.5 Å². The van der Waals surface area contributed by atoms with Crippen molar-refractivity contribution >= 4 is 17.9 Å². The van der Waals surface area contributed by atoms with Gasteiger partial charge in [0.2, 0.25) is 17.4 Å². The van der Waals surface area contributed by atoms with Gasteiger partial charge in [-0.3, -0.25) is 14.4 Å². The molecule has 3 amide bonds. The van der Waals surface area contributed by atoms with Crippen LogP contribution in [-0.4, -0.2) is 39.2 Å². The number of nitrogens with two attached hydrogens (primary N) is 1. The molecule has 9 nitrogen and oxygen atoms in total. The van der Waals surface area contributed by atoms with E-state index in [-0.39, 0.29) is 12.0 Å². The monoisotopic (exact) mass is 440 g/mol. The van der Waals surface area contributed by atoms with Crippen molar-refractivity contribution in [2.24, 2.45) is 12.8 Å². The molecule has 0 spiro atoms. The van der Waals surface area contributed by atoms with Gasteiger partial charge in [0.15, 0.2) is 0 Å². The van der Waals surface area contributed by atoms with E-state index in [1.54, 1.807) is 19.3 Å². The summed E-state index contributed by atoms with van der Waals surface area (Å²) in [5.74, 6) is -1.22. The normalized spacial score (nSPS) is 16.0. The summed E-state index contributed by atoms with van der Waals surface area (Å²) < 4.78 is 1.49. The number of nitrogens with zero attached hydrogens (tertiary/aromatic N) is 1. The fourth-order valence-corrected chi connectivity index (χ4v) is 4.12. The van der Waals surface area contributed by atoms with Crippen LogP contribution in [0, 0.1) is 0 Å². The zero-order valence-corrected chi connectivity index (χ0v) is 18.0. The van der Waals surface area contributed by atoms with Crippen molar-refractivity contribution in [3.63, 3.8) is 0 Å². The minimum Gasteiger partial charge on any atom is -0.465 e. The second kappa shape index (κ2) is 9.67. The quantitative estimate of drug-likeness (QED) is 0.516. The van der Waals surface area contributed by atoms with Crippen molar-refractivity contribution in [3.05, 3.63) is 58.5 Å². The van der Waals surface area contributed by atoms with Gasteiger partial charge in [-0.05, 0) is 35.6 Å². The van der Waals surface area contributed by atoms with Gasteiger partial charge in [-0.1, -0.05) is 43.5 Å². The average molecular weight is 441 g/mol. The molecule has 1 atom stereocenters. The van der Waals surface area contributed by atoms with Crippen molar-refractivity contribution < 1.29 is 19.5 Å². The number of amides is 3. The van der Waals surface area contributed by atoms with E-state index in [0.29, 0.717) is 12.8 Å². The van der Waals surface area contributed by atoms with E-state index in [0.717, 1.165) is 36.0 Å². The molecular formula is C23H28N4O5. The highest BCUT2D eigenvalue weighted by molar-refractivity contribution is 5.93. The molecule has 1 unspecified atom stereocenters. The molecule has 1 aliphatic rings. The number of rotatable bonds is 7. The molecule has 2 aromatic rings. The molecule has 170 valence electrons. The van der Waals surface area contributed by atoms with Gasteiger partial charge in [-0.25, -0.2) is 4.79 Å². The maximum Gasteiger partial charge on any atom is 0.405 e. The Bertz CT molecular complexity index is 1050. The van der Waals surface area contributed by atoms with E-state index in [4.69, 9.17) is 5.73 Å². The largest absolute Gasteiger partial charge is 0.465 e. The van der Waals surface area contributed by atoms with Crippen LogP contribution in [0.5, 0.6) is 0 Å². The SMILES string of the molecule is Cn1cc(-c2ccc(CC(NC(=O)C3(NC(=O)O)CCCCC3)C(N)=O)cc2)ccc1=O. The first-order valence-corrected chi connectivity index (χ1v) is 10.6. The third kappa shape index (κ3) is 5.35. The van der Waals surface area contributed by atoms with E-state index in [1.807, 2.05) is 24.3 Å². The van der Waals surface area contributed by atoms with E-state index >= 15 is 0 Å². The Labute approximate surface area is 185 Å². The molecule has 0 bridgehead atoms. The number of carbonyl (C=O) groups excluding carboxylic acids is 2. The lowest BCUT2D eigenvalue weighted by atomic mass is 9.80. The number of aryl methyl sites for hydroxylation is 1. The highest BCUT2D eigenvalue weighted by Gasteiger charge is 2.42. The van der Waals surface area contributed by atoms with Crippen LogP contribution in [0.2, 0.25) is 0 Å². The van der Waals surface area contributed by atoms with Gasteiger partial charge < -0.3 is 26.0 Å². The summed E-state index contributed by atoms with van der Waals surface area (Å²) in [6.07, 6.45) is 3.78. The molecule has 9 heteroatoms. The predicted molar refractivity (Wildman–Crippen MR) is 119 cm³/mol. The van der Waals surface area contributed by atoms with Crippen molar-refractivity contribution in [2.75, 3.05) is 0 Å². The molecule has 1 saturated carbocycles. The van der Waals surface area contributed by atoms with Gasteiger partial charge in [0.25, 0.3) is 0 Å². The maximum atomic E-state index is 13.0. The summed E-state index contributed by atoms with van der Waals surface area (Å²) in [5.41, 5.74) is 6.75. The fourth-order valence-electron chi connectivity index (χ4n) is 4.12. The zero-order valence-electron chi connectivity index (χ0n) is 18.0. The smallest absolute Gasteiger partial charge is 0.405 e. The van der Waals surface area contributed by atoms with Gasteiger partial charge in [-0.15, -0.1) is 0 Å². The number of benzene rings is 1. The number of nitrogens with one attached hydrogen (secondary N) is 2. The number of carboxylic acid groups (broad SMARTS) is 1. The molecule has 1 heterocycles. The Morgan fingerprint density at radius 2 is 1.69 bits per heavy atom. The van der Waals surface area contributed by atoms with Crippen molar-refractivity contribution in [1.82, 2.24) is 15.2 Å². The topological polar surface area (TPSA) is 144 Å². The van der Waals surface area contributed by atoms with Crippen LogP contribution in [0.1, 0.15) is 37.7 Å². The first-order chi connectivity index (χ1) is 15.2. The molecular weight excluding hydrogens is 412 g/mol. The highest BCUT2D eigenvalue weighted by atomic mass is 16.4. The van der Waals surface area contributed by atoms with Crippen LogP contribution < -0.4 is 21.9 Å². The molecule has 1 aromatic heterocycles. The second-order valence-electron chi connectivity index (χ2n) is 8.27. The molecule has 0 saturated heterocycles. The molecule has 1 aromatic carbocycles. The Hall–Kier alpha value is -3.62. The third-order valence-electron chi connectivity index (χ3n) is 5.95. The van der Waals surface area contributed by atoms with Crippen LogP contribution in [0.3, 0.4) is 0 Å². The molecule has 5 N–H and O–H groups in total. The number of aromatic nitrogens is 1. The fraction of sp³-hybridized carbons (Fsp3) is 0.391. The van der Waals surface area contributed by atoms with Crippen molar-refractivity contribution in [1.29, 1.82) is 0 Å². The average Bonchev–Trinajstić information content (AvgIpc) is 2.75. The van der Waals surface area contributed by atoms with Crippen LogP contribution in [0.15, 0.2) is 47.4 Å². The number of carbonyl (C=O) groups is 3. The summed E-state index contributed by atoms with van der Waals surface area (Å²) in [5, 5.41) is 14.2.